The van der Waals surface area contributed by atoms with Crippen LogP contribution < -0.4 is 5.32 Å². The molecular formula is C9H11NO3. The van der Waals surface area contributed by atoms with Crippen LogP contribution in [0.3, 0.4) is 0 Å². The number of fused-ring (bicyclic) bond motifs is 1. The van der Waals surface area contributed by atoms with Crippen LogP contribution in [0.15, 0.2) is 12.2 Å². The largest absolute Gasteiger partial charge is 0.377 e. The van der Waals surface area contributed by atoms with E-state index in [2.05, 4.69) is 5.32 Å². The summed E-state index contributed by atoms with van der Waals surface area (Å²) in [6, 6.07) is 0. The van der Waals surface area contributed by atoms with Crippen LogP contribution >= 0.6 is 0 Å². The van der Waals surface area contributed by atoms with Crippen molar-refractivity contribution in [2.24, 2.45) is 11.8 Å². The number of methoxy groups -OCH3 is 1. The van der Waals surface area contributed by atoms with Crippen molar-refractivity contribution in [3.8, 4) is 0 Å². The molecule has 1 fully saturated rings. The summed E-state index contributed by atoms with van der Waals surface area (Å²) < 4.78 is 5.12. The fourth-order valence-corrected chi connectivity index (χ4v) is 1.98. The first-order valence-electron chi connectivity index (χ1n) is 4.28. The molecule has 0 spiro atoms. The first-order valence-corrected chi connectivity index (χ1v) is 4.28. The first-order chi connectivity index (χ1) is 6.24. The van der Waals surface area contributed by atoms with Gasteiger partial charge in [-0.05, 0) is 6.42 Å². The molecule has 3 unspecified atom stereocenters. The third kappa shape index (κ3) is 1.18. The standard InChI is InChI=1S/C9H11NO3/c1-13-6-4-2-3-5-7(6)9(12)10-8(5)11/h2,4-7H,3H2,1H3,(H,10,11,12). The molecule has 0 saturated carbocycles. The number of rotatable bonds is 1. The van der Waals surface area contributed by atoms with Gasteiger partial charge in [-0.15, -0.1) is 0 Å². The Balaban J connectivity index is 2.29. The maximum Gasteiger partial charge on any atom is 0.233 e. The lowest BCUT2D eigenvalue weighted by Crippen LogP contribution is -2.33. The molecule has 13 heavy (non-hydrogen) atoms. The summed E-state index contributed by atoms with van der Waals surface area (Å²) in [4.78, 5) is 22.6. The second-order valence-corrected chi connectivity index (χ2v) is 3.35. The second-order valence-electron chi connectivity index (χ2n) is 3.35. The molecule has 4 nitrogen and oxygen atoms in total. The fraction of sp³-hybridized carbons (Fsp3) is 0.556. The minimum absolute atomic E-state index is 0.165. The van der Waals surface area contributed by atoms with E-state index in [1.807, 2.05) is 12.2 Å². The summed E-state index contributed by atoms with van der Waals surface area (Å²) in [5, 5.41) is 2.33. The third-order valence-corrected chi connectivity index (χ3v) is 2.66. The molecule has 1 aliphatic heterocycles. The van der Waals surface area contributed by atoms with Crippen molar-refractivity contribution < 1.29 is 14.3 Å². The normalized spacial score (nSPS) is 37.5. The van der Waals surface area contributed by atoms with Gasteiger partial charge in [-0.2, -0.15) is 0 Å². The third-order valence-electron chi connectivity index (χ3n) is 2.66. The van der Waals surface area contributed by atoms with Crippen molar-refractivity contribution in [2.75, 3.05) is 7.11 Å². The van der Waals surface area contributed by atoms with Crippen LogP contribution in [0, 0.1) is 11.8 Å². The molecule has 1 aliphatic carbocycles. The minimum Gasteiger partial charge on any atom is -0.377 e. The molecule has 0 aromatic heterocycles. The van der Waals surface area contributed by atoms with E-state index in [1.165, 1.54) is 0 Å². The van der Waals surface area contributed by atoms with Gasteiger partial charge in [0.2, 0.25) is 11.8 Å². The van der Waals surface area contributed by atoms with Crippen molar-refractivity contribution in [1.82, 2.24) is 5.32 Å². The van der Waals surface area contributed by atoms with E-state index in [4.69, 9.17) is 4.74 Å². The van der Waals surface area contributed by atoms with Gasteiger partial charge in [0.15, 0.2) is 0 Å². The first kappa shape index (κ1) is 8.44. The summed E-state index contributed by atoms with van der Waals surface area (Å²) >= 11 is 0. The van der Waals surface area contributed by atoms with E-state index in [0.29, 0.717) is 6.42 Å². The zero-order chi connectivity index (χ0) is 9.42. The number of carbonyl (C=O) groups is 2. The molecule has 3 atom stereocenters. The van der Waals surface area contributed by atoms with Gasteiger partial charge in [-0.25, -0.2) is 0 Å². The van der Waals surface area contributed by atoms with Crippen molar-refractivity contribution in [3.63, 3.8) is 0 Å². The van der Waals surface area contributed by atoms with Crippen molar-refractivity contribution in [3.05, 3.63) is 12.2 Å². The Morgan fingerprint density at radius 3 is 2.92 bits per heavy atom. The lowest BCUT2D eigenvalue weighted by molar-refractivity contribution is -0.127. The summed E-state index contributed by atoms with van der Waals surface area (Å²) in [6.07, 6.45) is 4.14. The van der Waals surface area contributed by atoms with Crippen molar-refractivity contribution in [2.45, 2.75) is 12.5 Å². The maximum absolute atomic E-state index is 11.3. The summed E-state index contributed by atoms with van der Waals surface area (Å²) in [6.45, 7) is 0. The van der Waals surface area contributed by atoms with Gasteiger partial charge >= 0.3 is 0 Å². The highest BCUT2D eigenvalue weighted by Gasteiger charge is 2.46. The van der Waals surface area contributed by atoms with Gasteiger partial charge in [0, 0.05) is 7.11 Å². The van der Waals surface area contributed by atoms with Gasteiger partial charge < -0.3 is 4.74 Å². The average Bonchev–Trinajstić information content (AvgIpc) is 2.43. The molecule has 2 rings (SSSR count). The number of hydrogen-bond donors (Lipinski definition) is 1. The number of ether oxygens (including phenoxy) is 1. The number of imide groups is 1. The summed E-state index contributed by atoms with van der Waals surface area (Å²) in [5.41, 5.74) is 0. The molecule has 1 saturated heterocycles. The van der Waals surface area contributed by atoms with Gasteiger partial charge in [0.1, 0.15) is 0 Å². The molecule has 0 aromatic rings. The van der Waals surface area contributed by atoms with E-state index in [-0.39, 0.29) is 29.8 Å². The monoisotopic (exact) mass is 181 g/mol. The molecule has 0 bridgehead atoms. The number of carbonyl (C=O) groups excluding carboxylic acids is 2. The quantitative estimate of drug-likeness (QED) is 0.452. The van der Waals surface area contributed by atoms with Crippen LogP contribution in [0.5, 0.6) is 0 Å². The van der Waals surface area contributed by atoms with E-state index >= 15 is 0 Å². The lowest BCUT2D eigenvalue weighted by Gasteiger charge is -2.24. The number of allylic oxidation sites excluding steroid dienone is 1. The molecule has 2 aliphatic rings. The van der Waals surface area contributed by atoms with Crippen LogP contribution in [-0.2, 0) is 14.3 Å². The zero-order valence-corrected chi connectivity index (χ0v) is 7.32. The highest BCUT2D eigenvalue weighted by molar-refractivity contribution is 6.05. The molecule has 70 valence electrons. The van der Waals surface area contributed by atoms with E-state index in [9.17, 15) is 9.59 Å². The number of nitrogens with one attached hydrogen (secondary N) is 1. The van der Waals surface area contributed by atoms with Gasteiger partial charge in [-0.1, -0.05) is 12.2 Å². The molecule has 2 amide bonds. The highest BCUT2D eigenvalue weighted by atomic mass is 16.5. The van der Waals surface area contributed by atoms with E-state index in [0.717, 1.165) is 0 Å². The second kappa shape index (κ2) is 2.96. The molecule has 1 heterocycles. The van der Waals surface area contributed by atoms with Crippen LogP contribution in [0.1, 0.15) is 6.42 Å². The summed E-state index contributed by atoms with van der Waals surface area (Å²) in [7, 11) is 1.55. The molecule has 0 aromatic carbocycles. The Kier molecular flexibility index (Phi) is 1.92. The lowest BCUT2D eigenvalue weighted by atomic mass is 9.83. The topological polar surface area (TPSA) is 55.4 Å². The van der Waals surface area contributed by atoms with Crippen molar-refractivity contribution >= 4 is 11.8 Å². The molecule has 0 radical (unpaired) electrons. The van der Waals surface area contributed by atoms with Crippen LogP contribution in [-0.4, -0.2) is 25.0 Å². The Morgan fingerprint density at radius 2 is 2.23 bits per heavy atom. The Bertz CT molecular complexity index is 285. The SMILES string of the molecule is COC1C=CCC2C(=O)NC(=O)C12. The van der Waals surface area contributed by atoms with Gasteiger partial charge in [0.05, 0.1) is 17.9 Å². The number of amides is 2. The fourth-order valence-electron chi connectivity index (χ4n) is 1.98. The Hall–Kier alpha value is -1.16. The van der Waals surface area contributed by atoms with E-state index < -0.39 is 0 Å². The smallest absolute Gasteiger partial charge is 0.233 e. The van der Waals surface area contributed by atoms with Crippen LogP contribution in [0.25, 0.3) is 0 Å². The zero-order valence-electron chi connectivity index (χ0n) is 7.32. The van der Waals surface area contributed by atoms with Crippen LogP contribution in [0.4, 0.5) is 0 Å². The summed E-state index contributed by atoms with van der Waals surface area (Å²) in [5.74, 6) is -0.905. The van der Waals surface area contributed by atoms with Gasteiger partial charge in [-0.3, -0.25) is 14.9 Å². The molecule has 1 N–H and O–H groups in total. The highest BCUT2D eigenvalue weighted by Crippen LogP contribution is 2.31. The predicted octanol–water partition coefficient (Wildman–Crippen LogP) is -0.150. The minimum atomic E-state index is -0.317. The Labute approximate surface area is 75.9 Å². The van der Waals surface area contributed by atoms with Crippen molar-refractivity contribution in [1.29, 1.82) is 0 Å². The Morgan fingerprint density at radius 1 is 1.46 bits per heavy atom. The number of hydrogen-bond acceptors (Lipinski definition) is 3. The van der Waals surface area contributed by atoms with Crippen LogP contribution in [0.2, 0.25) is 0 Å². The predicted molar refractivity (Wildman–Crippen MR) is 44.7 cm³/mol. The average molecular weight is 181 g/mol. The maximum atomic E-state index is 11.3. The molecular weight excluding hydrogens is 170 g/mol. The van der Waals surface area contributed by atoms with Gasteiger partial charge in [0.25, 0.3) is 0 Å². The van der Waals surface area contributed by atoms with E-state index in [1.54, 1.807) is 7.11 Å². The molecule has 4 heteroatoms.